The van der Waals surface area contributed by atoms with Gasteiger partial charge >= 0.3 is 0 Å². The van der Waals surface area contributed by atoms with E-state index in [1.165, 1.54) is 11.1 Å². The zero-order valence-electron chi connectivity index (χ0n) is 14.2. The fraction of sp³-hybridized carbons (Fsp3) is 0.632. The number of piperazine rings is 1. The molecule has 0 saturated carbocycles. The van der Waals surface area contributed by atoms with Crippen LogP contribution in [0, 0.1) is 0 Å². The summed E-state index contributed by atoms with van der Waals surface area (Å²) in [5.74, 6) is 0.469. The number of carbonyl (C=O) groups excluding carboxylic acids is 1. The molecular formula is C19H28ClN3O. The Morgan fingerprint density at radius 3 is 2.71 bits per heavy atom. The first-order valence-corrected chi connectivity index (χ1v) is 9.14. The van der Waals surface area contributed by atoms with E-state index in [1.54, 1.807) is 0 Å². The van der Waals surface area contributed by atoms with Crippen LogP contribution >= 0.6 is 12.4 Å². The minimum absolute atomic E-state index is 0. The Morgan fingerprint density at radius 2 is 1.88 bits per heavy atom. The first kappa shape index (κ1) is 17.7. The van der Waals surface area contributed by atoms with E-state index in [0.717, 1.165) is 65.0 Å². The quantitative estimate of drug-likeness (QED) is 0.887. The van der Waals surface area contributed by atoms with E-state index in [2.05, 4.69) is 39.4 Å². The molecule has 0 spiro atoms. The predicted molar refractivity (Wildman–Crippen MR) is 98.8 cm³/mol. The molecule has 2 aliphatic heterocycles. The fourth-order valence-corrected chi connectivity index (χ4v) is 4.52. The molecule has 1 aliphatic carbocycles. The number of amides is 1. The van der Waals surface area contributed by atoms with Crippen molar-refractivity contribution in [3.63, 3.8) is 0 Å². The lowest BCUT2D eigenvalue weighted by molar-refractivity contribution is -0.132. The first-order valence-electron chi connectivity index (χ1n) is 9.14. The molecule has 2 atom stereocenters. The lowest BCUT2D eigenvalue weighted by Crippen LogP contribution is -2.49. The van der Waals surface area contributed by atoms with E-state index >= 15 is 0 Å². The third-order valence-corrected chi connectivity index (χ3v) is 5.81. The SMILES string of the molecule is Cl.O=C(C1CCCc2ccccc21)N1CCC(N2CCNCC2)C1. The van der Waals surface area contributed by atoms with Crippen LogP contribution in [0.1, 0.15) is 36.3 Å². The standard InChI is InChI=1S/C19H27N3O.ClH/c23-19(18-7-3-5-15-4-1-2-6-17(15)18)22-11-8-16(14-22)21-12-9-20-10-13-21;/h1-2,4,6,16,18,20H,3,5,7-14H2;1H. The number of likely N-dealkylation sites (tertiary alicyclic amines) is 1. The number of fused-ring (bicyclic) bond motifs is 1. The zero-order valence-corrected chi connectivity index (χ0v) is 15.1. The molecule has 4 rings (SSSR count). The van der Waals surface area contributed by atoms with Gasteiger partial charge in [-0.25, -0.2) is 0 Å². The molecule has 24 heavy (non-hydrogen) atoms. The Balaban J connectivity index is 0.00000169. The van der Waals surface area contributed by atoms with Crippen LogP contribution in [-0.2, 0) is 11.2 Å². The van der Waals surface area contributed by atoms with Gasteiger partial charge in [-0.1, -0.05) is 24.3 Å². The van der Waals surface area contributed by atoms with E-state index in [-0.39, 0.29) is 18.3 Å². The number of aryl methyl sites for hydroxylation is 1. The number of rotatable bonds is 2. The van der Waals surface area contributed by atoms with E-state index in [4.69, 9.17) is 0 Å². The number of nitrogens with zero attached hydrogens (tertiary/aromatic N) is 2. The summed E-state index contributed by atoms with van der Waals surface area (Å²) in [6, 6.07) is 9.11. The van der Waals surface area contributed by atoms with Crippen molar-refractivity contribution in [3.05, 3.63) is 35.4 Å². The molecule has 1 aromatic rings. The summed E-state index contributed by atoms with van der Waals surface area (Å²) >= 11 is 0. The Bertz CT molecular complexity index is 573. The molecule has 2 saturated heterocycles. The molecule has 3 aliphatic rings. The van der Waals surface area contributed by atoms with Crippen molar-refractivity contribution < 1.29 is 4.79 Å². The van der Waals surface area contributed by atoms with Gasteiger partial charge in [0.15, 0.2) is 0 Å². The maximum absolute atomic E-state index is 13.1. The van der Waals surface area contributed by atoms with Crippen molar-refractivity contribution in [1.29, 1.82) is 0 Å². The number of hydrogen-bond donors (Lipinski definition) is 1. The topological polar surface area (TPSA) is 35.6 Å². The van der Waals surface area contributed by atoms with Crippen molar-refractivity contribution in [1.82, 2.24) is 15.1 Å². The Labute approximate surface area is 151 Å². The van der Waals surface area contributed by atoms with Gasteiger partial charge in [-0.15, -0.1) is 12.4 Å². The summed E-state index contributed by atoms with van der Waals surface area (Å²) in [7, 11) is 0. The summed E-state index contributed by atoms with van der Waals surface area (Å²) < 4.78 is 0. The Morgan fingerprint density at radius 1 is 1.08 bits per heavy atom. The van der Waals surface area contributed by atoms with Gasteiger partial charge in [0.2, 0.25) is 5.91 Å². The summed E-state index contributed by atoms with van der Waals surface area (Å²) in [6.45, 7) is 6.28. The highest BCUT2D eigenvalue weighted by molar-refractivity contribution is 5.85. The van der Waals surface area contributed by atoms with E-state index in [9.17, 15) is 4.79 Å². The lowest BCUT2D eigenvalue weighted by Gasteiger charge is -2.33. The Hall–Kier alpha value is -1.10. The van der Waals surface area contributed by atoms with E-state index < -0.39 is 0 Å². The second-order valence-corrected chi connectivity index (χ2v) is 7.16. The van der Waals surface area contributed by atoms with Crippen LogP contribution in [0.4, 0.5) is 0 Å². The number of benzene rings is 1. The first-order chi connectivity index (χ1) is 11.3. The molecule has 0 aromatic heterocycles. The van der Waals surface area contributed by atoms with Crippen LogP contribution in [0.3, 0.4) is 0 Å². The van der Waals surface area contributed by atoms with Crippen molar-refractivity contribution in [3.8, 4) is 0 Å². The monoisotopic (exact) mass is 349 g/mol. The fourth-order valence-electron chi connectivity index (χ4n) is 4.52. The van der Waals surface area contributed by atoms with Gasteiger partial charge in [-0.3, -0.25) is 9.69 Å². The molecule has 2 fully saturated rings. The summed E-state index contributed by atoms with van der Waals surface area (Å²) in [5.41, 5.74) is 2.67. The highest BCUT2D eigenvalue weighted by Gasteiger charge is 2.35. The molecule has 0 radical (unpaired) electrons. The van der Waals surface area contributed by atoms with E-state index in [1.807, 2.05) is 0 Å². The van der Waals surface area contributed by atoms with Crippen molar-refractivity contribution in [2.45, 2.75) is 37.6 Å². The van der Waals surface area contributed by atoms with Crippen LogP contribution < -0.4 is 5.32 Å². The maximum atomic E-state index is 13.1. The Kier molecular flexibility index (Phi) is 5.80. The van der Waals surface area contributed by atoms with Crippen LogP contribution in [0.5, 0.6) is 0 Å². The van der Waals surface area contributed by atoms with E-state index in [0.29, 0.717) is 11.9 Å². The smallest absolute Gasteiger partial charge is 0.230 e. The van der Waals surface area contributed by atoms with Crippen LogP contribution in [0.2, 0.25) is 0 Å². The molecule has 1 amide bonds. The molecule has 132 valence electrons. The largest absolute Gasteiger partial charge is 0.341 e. The molecule has 1 aromatic carbocycles. The number of halogens is 1. The molecule has 5 heteroatoms. The van der Waals surface area contributed by atoms with Gasteiger partial charge in [0.05, 0.1) is 5.92 Å². The number of carbonyl (C=O) groups is 1. The average molecular weight is 350 g/mol. The summed E-state index contributed by atoms with van der Waals surface area (Å²) in [4.78, 5) is 17.8. The number of nitrogens with one attached hydrogen (secondary N) is 1. The van der Waals surface area contributed by atoms with Crippen molar-refractivity contribution >= 4 is 18.3 Å². The zero-order chi connectivity index (χ0) is 15.6. The van der Waals surface area contributed by atoms with Crippen LogP contribution in [0.25, 0.3) is 0 Å². The minimum Gasteiger partial charge on any atom is -0.341 e. The molecule has 1 N–H and O–H groups in total. The van der Waals surface area contributed by atoms with Crippen LogP contribution in [-0.4, -0.2) is 61.0 Å². The van der Waals surface area contributed by atoms with Crippen molar-refractivity contribution in [2.24, 2.45) is 0 Å². The minimum atomic E-state index is 0. The molecule has 0 bridgehead atoms. The van der Waals surface area contributed by atoms with Gasteiger partial charge < -0.3 is 10.2 Å². The highest BCUT2D eigenvalue weighted by atomic mass is 35.5. The van der Waals surface area contributed by atoms with Gasteiger partial charge in [0.1, 0.15) is 0 Å². The second-order valence-electron chi connectivity index (χ2n) is 7.16. The van der Waals surface area contributed by atoms with Gasteiger partial charge in [-0.2, -0.15) is 0 Å². The third-order valence-electron chi connectivity index (χ3n) is 5.81. The summed E-state index contributed by atoms with van der Waals surface area (Å²) in [5, 5.41) is 3.41. The van der Waals surface area contributed by atoms with Crippen molar-refractivity contribution in [2.75, 3.05) is 39.3 Å². The predicted octanol–water partition coefficient (Wildman–Crippen LogP) is 2.03. The number of hydrogen-bond acceptors (Lipinski definition) is 3. The van der Waals surface area contributed by atoms with Crippen LogP contribution in [0.15, 0.2) is 24.3 Å². The molecular weight excluding hydrogens is 322 g/mol. The van der Waals surface area contributed by atoms with Gasteiger partial charge in [0.25, 0.3) is 0 Å². The molecule has 4 nitrogen and oxygen atoms in total. The average Bonchev–Trinajstić information content (AvgIpc) is 3.11. The third kappa shape index (κ3) is 3.46. The van der Waals surface area contributed by atoms with Gasteiger partial charge in [0, 0.05) is 45.3 Å². The molecule has 2 heterocycles. The highest BCUT2D eigenvalue weighted by Crippen LogP contribution is 2.34. The second kappa shape index (κ2) is 7.85. The summed E-state index contributed by atoms with van der Waals surface area (Å²) in [6.07, 6.45) is 4.43. The van der Waals surface area contributed by atoms with Gasteiger partial charge in [-0.05, 0) is 36.8 Å². The lowest BCUT2D eigenvalue weighted by atomic mass is 9.82. The maximum Gasteiger partial charge on any atom is 0.230 e. The normalized spacial score (nSPS) is 27.4. The molecule has 2 unspecified atom stereocenters.